The molecule has 0 aromatic carbocycles. The third kappa shape index (κ3) is 1.77. The zero-order valence-electron chi connectivity index (χ0n) is 13.3. The molecule has 4 unspecified atom stereocenters. The van der Waals surface area contributed by atoms with E-state index in [4.69, 9.17) is 4.74 Å². The fourth-order valence-electron chi connectivity index (χ4n) is 4.91. The van der Waals surface area contributed by atoms with E-state index >= 15 is 0 Å². The highest BCUT2D eigenvalue weighted by Gasteiger charge is 2.63. The number of carbonyl (C=O) groups is 2. The third-order valence-corrected chi connectivity index (χ3v) is 7.28. The summed E-state index contributed by atoms with van der Waals surface area (Å²) in [5.41, 5.74) is 1.64. The molecule has 5 rings (SSSR count). The normalized spacial score (nSPS) is 34.2. The van der Waals surface area contributed by atoms with E-state index in [1.165, 1.54) is 27.5 Å². The maximum atomic E-state index is 13.0. The van der Waals surface area contributed by atoms with Gasteiger partial charge in [-0.05, 0) is 44.1 Å². The summed E-state index contributed by atoms with van der Waals surface area (Å²) in [5, 5.41) is 10.3. The second-order valence-electron chi connectivity index (χ2n) is 7.21. The molecule has 4 atom stereocenters. The topological polar surface area (TPSA) is 70.4 Å². The summed E-state index contributed by atoms with van der Waals surface area (Å²) in [4.78, 5) is 28.4. The van der Waals surface area contributed by atoms with Crippen molar-refractivity contribution in [3.05, 3.63) is 16.0 Å². The lowest BCUT2D eigenvalue weighted by Crippen LogP contribution is -2.34. The molecular weight excluding hydrogens is 324 g/mol. The number of hydrogen-bond donors (Lipinski definition) is 0. The highest BCUT2D eigenvalue weighted by Crippen LogP contribution is 2.51. The van der Waals surface area contributed by atoms with Crippen molar-refractivity contribution in [3.8, 4) is 6.07 Å². The molecule has 4 heterocycles. The van der Waals surface area contributed by atoms with Gasteiger partial charge in [0.1, 0.15) is 11.1 Å². The number of ether oxygens (including phenoxy) is 1. The average molecular weight is 342 g/mol. The molecule has 0 spiro atoms. The van der Waals surface area contributed by atoms with E-state index in [-0.39, 0.29) is 35.9 Å². The van der Waals surface area contributed by atoms with Crippen LogP contribution in [0.3, 0.4) is 0 Å². The number of carbonyl (C=O) groups excluding carboxylic acids is 2. The van der Waals surface area contributed by atoms with Crippen LogP contribution in [0, 0.1) is 23.2 Å². The number of anilines is 1. The first-order valence-corrected chi connectivity index (χ1v) is 9.60. The van der Waals surface area contributed by atoms with Gasteiger partial charge in [-0.3, -0.25) is 9.59 Å². The van der Waals surface area contributed by atoms with Crippen LogP contribution in [0.15, 0.2) is 0 Å². The predicted molar refractivity (Wildman–Crippen MR) is 87.7 cm³/mol. The molecule has 0 radical (unpaired) electrons. The van der Waals surface area contributed by atoms with Gasteiger partial charge in [-0.1, -0.05) is 6.42 Å². The standard InChI is InChI=1S/C18H18N2O3S/c19-8-10-9-4-2-1-3-5-13(9)24-18(10)20-16(21)14-11-6-7-12(23-11)15(14)17(20)22/h11-12,14-15H,1-7H2. The molecule has 1 aromatic rings. The molecule has 4 aliphatic rings. The number of nitrogens with zero attached hydrogens (tertiary/aromatic N) is 2. The van der Waals surface area contributed by atoms with Gasteiger partial charge in [-0.25, -0.2) is 4.90 Å². The molecular formula is C18H18N2O3S. The van der Waals surface area contributed by atoms with E-state index in [0.717, 1.165) is 44.1 Å². The van der Waals surface area contributed by atoms with Crippen LogP contribution in [0.2, 0.25) is 0 Å². The summed E-state index contributed by atoms with van der Waals surface area (Å²) < 4.78 is 5.79. The predicted octanol–water partition coefficient (Wildman–Crippen LogP) is 2.56. The molecule has 6 heteroatoms. The highest BCUT2D eigenvalue weighted by atomic mass is 32.1. The Bertz CT molecular complexity index is 765. The van der Waals surface area contributed by atoms with Gasteiger partial charge in [0.05, 0.1) is 29.6 Å². The van der Waals surface area contributed by atoms with Gasteiger partial charge in [0.2, 0.25) is 11.8 Å². The number of thiophene rings is 1. The van der Waals surface area contributed by atoms with Crippen LogP contribution >= 0.6 is 11.3 Å². The van der Waals surface area contributed by atoms with Gasteiger partial charge < -0.3 is 4.74 Å². The van der Waals surface area contributed by atoms with E-state index in [1.807, 2.05) is 0 Å². The van der Waals surface area contributed by atoms with Crippen molar-refractivity contribution in [2.24, 2.45) is 11.8 Å². The molecule has 3 aliphatic heterocycles. The van der Waals surface area contributed by atoms with Crippen molar-refractivity contribution in [2.45, 2.75) is 57.2 Å². The van der Waals surface area contributed by atoms with E-state index in [9.17, 15) is 14.9 Å². The van der Waals surface area contributed by atoms with Crippen LogP contribution in [-0.4, -0.2) is 24.0 Å². The van der Waals surface area contributed by atoms with Gasteiger partial charge >= 0.3 is 0 Å². The van der Waals surface area contributed by atoms with Gasteiger partial charge in [0, 0.05) is 4.88 Å². The summed E-state index contributed by atoms with van der Waals surface area (Å²) in [6.45, 7) is 0. The number of nitriles is 1. The molecule has 1 aromatic heterocycles. The minimum atomic E-state index is -0.329. The lowest BCUT2D eigenvalue weighted by Gasteiger charge is -2.16. The maximum absolute atomic E-state index is 13.0. The SMILES string of the molecule is N#Cc1c(N2C(=O)C3C4CCC(O4)C3C2=O)sc2c1CCCCC2. The van der Waals surface area contributed by atoms with E-state index < -0.39 is 0 Å². The number of amides is 2. The Morgan fingerprint density at radius 1 is 1.04 bits per heavy atom. The number of hydrogen-bond acceptors (Lipinski definition) is 5. The monoisotopic (exact) mass is 342 g/mol. The molecule has 1 aliphatic carbocycles. The third-order valence-electron chi connectivity index (χ3n) is 6.00. The van der Waals surface area contributed by atoms with Gasteiger partial charge in [0.25, 0.3) is 0 Å². The van der Waals surface area contributed by atoms with Crippen LogP contribution in [0.25, 0.3) is 0 Å². The molecule has 24 heavy (non-hydrogen) atoms. The molecule has 0 saturated carbocycles. The Kier molecular flexibility index (Phi) is 3.13. The van der Waals surface area contributed by atoms with Crippen molar-refractivity contribution in [3.63, 3.8) is 0 Å². The van der Waals surface area contributed by atoms with E-state index in [0.29, 0.717) is 10.6 Å². The van der Waals surface area contributed by atoms with E-state index in [1.54, 1.807) is 0 Å². The average Bonchev–Trinajstić information content (AvgIpc) is 3.28. The van der Waals surface area contributed by atoms with Crippen LogP contribution in [0.1, 0.15) is 48.1 Å². The van der Waals surface area contributed by atoms with Crippen molar-refractivity contribution in [2.75, 3.05) is 4.90 Å². The van der Waals surface area contributed by atoms with Crippen molar-refractivity contribution in [1.29, 1.82) is 5.26 Å². The Morgan fingerprint density at radius 2 is 1.71 bits per heavy atom. The second-order valence-corrected chi connectivity index (χ2v) is 8.29. The first-order chi connectivity index (χ1) is 11.7. The Hall–Kier alpha value is -1.71. The number of rotatable bonds is 1. The molecule has 0 N–H and O–H groups in total. The largest absolute Gasteiger partial charge is 0.373 e. The van der Waals surface area contributed by atoms with Crippen molar-refractivity contribution < 1.29 is 14.3 Å². The Balaban J connectivity index is 1.59. The Morgan fingerprint density at radius 3 is 2.38 bits per heavy atom. The van der Waals surface area contributed by atoms with Gasteiger partial charge in [0.15, 0.2) is 0 Å². The minimum absolute atomic E-state index is 0.107. The smallest absolute Gasteiger partial charge is 0.241 e. The number of aryl methyl sites for hydroxylation is 1. The van der Waals surface area contributed by atoms with Crippen molar-refractivity contribution in [1.82, 2.24) is 0 Å². The molecule has 3 saturated heterocycles. The number of imide groups is 1. The van der Waals surface area contributed by atoms with E-state index in [2.05, 4.69) is 6.07 Å². The zero-order chi connectivity index (χ0) is 16.4. The summed E-state index contributed by atoms with van der Waals surface area (Å²) in [7, 11) is 0. The summed E-state index contributed by atoms with van der Waals surface area (Å²) in [5.74, 6) is -0.954. The van der Waals surface area contributed by atoms with Gasteiger partial charge in [-0.15, -0.1) is 11.3 Å². The van der Waals surface area contributed by atoms with Crippen LogP contribution in [0.5, 0.6) is 0 Å². The molecule has 3 fully saturated rings. The lowest BCUT2D eigenvalue weighted by molar-refractivity contribution is -0.124. The second kappa shape index (κ2) is 5.14. The first kappa shape index (κ1) is 14.6. The van der Waals surface area contributed by atoms with Crippen LogP contribution in [0.4, 0.5) is 5.00 Å². The molecule has 2 amide bonds. The molecule has 5 nitrogen and oxygen atoms in total. The fourth-order valence-corrected chi connectivity index (χ4v) is 6.26. The van der Waals surface area contributed by atoms with Crippen LogP contribution in [-0.2, 0) is 27.2 Å². The minimum Gasteiger partial charge on any atom is -0.373 e. The molecule has 124 valence electrons. The summed E-state index contributed by atoms with van der Waals surface area (Å²) in [6, 6.07) is 2.29. The van der Waals surface area contributed by atoms with Crippen molar-refractivity contribution >= 4 is 28.2 Å². The lowest BCUT2D eigenvalue weighted by atomic mass is 9.81. The summed E-state index contributed by atoms with van der Waals surface area (Å²) in [6.07, 6.45) is 6.71. The van der Waals surface area contributed by atoms with Gasteiger partial charge in [-0.2, -0.15) is 5.26 Å². The quantitative estimate of drug-likeness (QED) is 0.581. The fraction of sp³-hybridized carbons (Fsp3) is 0.611. The maximum Gasteiger partial charge on any atom is 0.241 e. The number of fused-ring (bicyclic) bond motifs is 6. The Labute approximate surface area is 144 Å². The summed E-state index contributed by atoms with van der Waals surface area (Å²) >= 11 is 1.49. The zero-order valence-corrected chi connectivity index (χ0v) is 14.1. The highest BCUT2D eigenvalue weighted by molar-refractivity contribution is 7.17. The first-order valence-electron chi connectivity index (χ1n) is 8.78. The molecule has 2 bridgehead atoms. The van der Waals surface area contributed by atoms with Crippen LogP contribution < -0.4 is 4.90 Å².